The maximum atomic E-state index is 14.0. The highest BCUT2D eigenvalue weighted by atomic mass is 32.2. The Hall–Kier alpha value is -7.60. The number of fused-ring (bicyclic) bond motifs is 11. The first-order valence-corrected chi connectivity index (χ1v) is 22.6. The standard InChI is InChI=1S/C53H31F3N2O4S2/c54-53(55,56)64(59,60)62-38-30-45-43-27-33(34-21-26-50-44(28-34)42-23-19-32-11-7-8-16-39(32)52(42)63-50)20-25-49(43)61-51(45)48(31-38)57(35-12-3-1-4-13-35)37-22-24-41-40-17-9-10-18-46(40)58(47(41)29-37)36-14-5-2-6-15-36/h1-31H. The number of nitrogens with zero attached hydrogens (tertiary/aromatic N) is 2. The molecule has 3 aromatic heterocycles. The summed E-state index contributed by atoms with van der Waals surface area (Å²) in [4.78, 5) is 1.85. The first kappa shape index (κ1) is 38.1. The van der Waals surface area contributed by atoms with Crippen LogP contribution in [0.4, 0.5) is 30.2 Å². The summed E-state index contributed by atoms with van der Waals surface area (Å²) in [6.07, 6.45) is 0. The molecule has 0 spiro atoms. The normalized spacial score (nSPS) is 12.4. The van der Waals surface area contributed by atoms with Crippen LogP contribution < -0.4 is 9.08 Å². The van der Waals surface area contributed by atoms with Gasteiger partial charge in [-0.25, -0.2) is 0 Å². The zero-order valence-electron chi connectivity index (χ0n) is 33.4. The van der Waals surface area contributed by atoms with E-state index in [9.17, 15) is 21.6 Å². The first-order chi connectivity index (χ1) is 31.1. The fraction of sp³-hybridized carbons (Fsp3) is 0.0189. The summed E-state index contributed by atoms with van der Waals surface area (Å²) < 4.78 is 83.5. The van der Waals surface area contributed by atoms with Gasteiger partial charge < -0.3 is 18.1 Å². The maximum absolute atomic E-state index is 14.0. The highest BCUT2D eigenvalue weighted by molar-refractivity contribution is 7.88. The number of halogens is 3. The fourth-order valence-electron chi connectivity index (χ4n) is 9.04. The Morgan fingerprint density at radius 1 is 0.547 bits per heavy atom. The Kier molecular flexibility index (Phi) is 8.46. The van der Waals surface area contributed by atoms with Gasteiger partial charge in [0.2, 0.25) is 0 Å². The van der Waals surface area contributed by atoms with Gasteiger partial charge in [-0.3, -0.25) is 0 Å². The number of hydrogen-bond acceptors (Lipinski definition) is 6. The van der Waals surface area contributed by atoms with Crippen LogP contribution in [0, 0.1) is 0 Å². The van der Waals surface area contributed by atoms with Crippen LogP contribution in [0.2, 0.25) is 0 Å². The molecule has 0 aliphatic heterocycles. The molecule has 12 rings (SSSR count). The van der Waals surface area contributed by atoms with E-state index in [0.717, 1.165) is 54.1 Å². The minimum absolute atomic E-state index is 0.272. The molecule has 6 nitrogen and oxygen atoms in total. The second-order valence-corrected chi connectivity index (χ2v) is 18.2. The van der Waals surface area contributed by atoms with Gasteiger partial charge in [-0.2, -0.15) is 21.6 Å². The Morgan fingerprint density at radius 2 is 1.22 bits per heavy atom. The third kappa shape index (κ3) is 6.03. The largest absolute Gasteiger partial charge is 0.534 e. The van der Waals surface area contributed by atoms with Crippen molar-refractivity contribution in [1.82, 2.24) is 4.57 Å². The molecule has 9 aromatic carbocycles. The summed E-state index contributed by atoms with van der Waals surface area (Å²) in [7, 11) is -6.06. The van der Waals surface area contributed by atoms with Crippen LogP contribution in [0.5, 0.6) is 5.75 Å². The average Bonchev–Trinajstić information content (AvgIpc) is 3.98. The molecule has 64 heavy (non-hydrogen) atoms. The summed E-state index contributed by atoms with van der Waals surface area (Å²) in [5, 5.41) is 7.60. The molecule has 3 heterocycles. The zero-order valence-corrected chi connectivity index (χ0v) is 35.0. The van der Waals surface area contributed by atoms with Crippen LogP contribution in [0.25, 0.3) is 91.5 Å². The third-order valence-electron chi connectivity index (χ3n) is 11.9. The molecule has 0 radical (unpaired) electrons. The van der Waals surface area contributed by atoms with Crippen LogP contribution in [-0.4, -0.2) is 18.5 Å². The maximum Gasteiger partial charge on any atom is 0.534 e. The number of rotatable bonds is 7. The molecule has 0 aliphatic rings. The molecule has 0 saturated carbocycles. The highest BCUT2D eigenvalue weighted by Crippen LogP contribution is 2.47. The van der Waals surface area contributed by atoms with Crippen LogP contribution in [0.15, 0.2) is 192 Å². The van der Waals surface area contributed by atoms with Crippen molar-refractivity contribution in [2.75, 3.05) is 4.90 Å². The number of furan rings is 1. The fourth-order valence-corrected chi connectivity index (χ4v) is 10.7. The van der Waals surface area contributed by atoms with Gasteiger partial charge in [0.05, 0.1) is 16.7 Å². The lowest BCUT2D eigenvalue weighted by Gasteiger charge is -2.26. The van der Waals surface area contributed by atoms with Gasteiger partial charge in [-0.05, 0) is 94.7 Å². The van der Waals surface area contributed by atoms with Crippen molar-refractivity contribution in [1.29, 1.82) is 0 Å². The van der Waals surface area contributed by atoms with Gasteiger partial charge in [-0.1, -0.05) is 109 Å². The molecule has 0 saturated heterocycles. The number of para-hydroxylation sites is 3. The van der Waals surface area contributed by atoms with E-state index in [4.69, 9.17) is 8.60 Å². The summed E-state index contributed by atoms with van der Waals surface area (Å²) in [6.45, 7) is 0. The van der Waals surface area contributed by atoms with Gasteiger partial charge >= 0.3 is 15.6 Å². The average molecular weight is 881 g/mol. The third-order valence-corrected chi connectivity index (χ3v) is 14.1. The van der Waals surface area contributed by atoms with Gasteiger partial charge in [0.1, 0.15) is 11.3 Å². The van der Waals surface area contributed by atoms with Crippen LogP contribution in [0.3, 0.4) is 0 Å². The Morgan fingerprint density at radius 3 is 2.02 bits per heavy atom. The summed E-state index contributed by atoms with van der Waals surface area (Å²) in [5.74, 6) is -0.522. The van der Waals surface area contributed by atoms with Gasteiger partial charge in [0.15, 0.2) is 5.58 Å². The molecule has 0 atom stereocenters. The number of alkyl halides is 3. The molecule has 0 bridgehead atoms. The molecule has 11 heteroatoms. The smallest absolute Gasteiger partial charge is 0.454 e. The number of aromatic nitrogens is 1. The minimum Gasteiger partial charge on any atom is -0.454 e. The lowest BCUT2D eigenvalue weighted by molar-refractivity contribution is -0.0500. The number of anilines is 3. The number of thiophene rings is 1. The van der Waals surface area contributed by atoms with E-state index in [2.05, 4.69) is 59.2 Å². The molecule has 310 valence electrons. The van der Waals surface area contributed by atoms with Gasteiger partial charge in [0.25, 0.3) is 0 Å². The van der Waals surface area contributed by atoms with E-state index in [1.165, 1.54) is 27.6 Å². The predicted molar refractivity (Wildman–Crippen MR) is 254 cm³/mol. The summed E-state index contributed by atoms with van der Waals surface area (Å²) in [5.41, 5.74) is 1.26. The lowest BCUT2D eigenvalue weighted by Crippen LogP contribution is -2.28. The second-order valence-electron chi connectivity index (χ2n) is 15.7. The topological polar surface area (TPSA) is 64.7 Å². The van der Waals surface area contributed by atoms with Crippen molar-refractivity contribution in [3.8, 4) is 22.6 Å². The predicted octanol–water partition coefficient (Wildman–Crippen LogP) is 15.6. The zero-order chi connectivity index (χ0) is 43.3. The van der Waals surface area contributed by atoms with Crippen molar-refractivity contribution in [2.45, 2.75) is 5.51 Å². The van der Waals surface area contributed by atoms with Gasteiger partial charge in [-0.15, -0.1) is 11.3 Å². The van der Waals surface area contributed by atoms with E-state index in [1.54, 1.807) is 11.3 Å². The highest BCUT2D eigenvalue weighted by Gasteiger charge is 2.48. The van der Waals surface area contributed by atoms with Crippen molar-refractivity contribution in [2.24, 2.45) is 0 Å². The number of benzene rings is 9. The molecule has 0 fully saturated rings. The Bertz CT molecular complexity index is 3950. The SMILES string of the molecule is O=S(=O)(Oc1cc(N(c2ccccc2)c2ccc3c4ccccc4n(-c4ccccc4)c3c2)c2oc3ccc(-c4ccc5sc6c7ccccc7ccc6c5c4)cc3c2c1)C(F)(F)F. The quantitative estimate of drug-likeness (QED) is 0.118. The molecule has 0 N–H and O–H groups in total. The van der Waals surface area contributed by atoms with Crippen LogP contribution in [0.1, 0.15) is 0 Å². The minimum atomic E-state index is -6.06. The van der Waals surface area contributed by atoms with Crippen molar-refractivity contribution < 1.29 is 30.2 Å². The van der Waals surface area contributed by atoms with E-state index in [0.29, 0.717) is 33.3 Å². The molecule has 0 unspecified atom stereocenters. The molecular formula is C53H31F3N2O4S2. The van der Waals surface area contributed by atoms with E-state index in [-0.39, 0.29) is 5.69 Å². The molecule has 0 aliphatic carbocycles. The summed E-state index contributed by atoms with van der Waals surface area (Å²) in [6, 6.07) is 60.7. The van der Waals surface area contributed by atoms with Crippen molar-refractivity contribution in [3.63, 3.8) is 0 Å². The monoisotopic (exact) mass is 880 g/mol. The lowest BCUT2D eigenvalue weighted by atomic mass is 9.99. The van der Waals surface area contributed by atoms with Crippen molar-refractivity contribution in [3.05, 3.63) is 188 Å². The van der Waals surface area contributed by atoms with Crippen LogP contribution in [-0.2, 0) is 10.1 Å². The summed E-state index contributed by atoms with van der Waals surface area (Å²) >= 11 is 1.75. The molecular weight excluding hydrogens is 850 g/mol. The molecule has 0 amide bonds. The van der Waals surface area contributed by atoms with E-state index >= 15 is 0 Å². The number of hydrogen-bond donors (Lipinski definition) is 0. The van der Waals surface area contributed by atoms with Crippen molar-refractivity contribution >= 4 is 113 Å². The van der Waals surface area contributed by atoms with E-state index < -0.39 is 21.4 Å². The Labute approximate surface area is 367 Å². The van der Waals surface area contributed by atoms with Crippen LogP contribution >= 0.6 is 11.3 Å². The first-order valence-electron chi connectivity index (χ1n) is 20.4. The second kappa shape index (κ2) is 14.2. The van der Waals surface area contributed by atoms with Gasteiger partial charge in [0, 0.05) is 64.8 Å². The van der Waals surface area contributed by atoms with E-state index in [1.807, 2.05) is 126 Å². The Balaban J connectivity index is 1.09. The molecule has 12 aromatic rings.